The monoisotopic (exact) mass is 378 g/mol. The summed E-state index contributed by atoms with van der Waals surface area (Å²) in [6.45, 7) is 2.14. The Bertz CT molecular complexity index is 674. The van der Waals surface area contributed by atoms with Gasteiger partial charge in [-0.15, -0.1) is 0 Å². The Balaban J connectivity index is 1.97. The molecule has 0 saturated heterocycles. The molecule has 0 radical (unpaired) electrons. The van der Waals surface area contributed by atoms with Gasteiger partial charge in [0.25, 0.3) is 0 Å². The highest BCUT2D eigenvalue weighted by atomic mass is 79.9. The minimum Gasteiger partial charge on any atom is -0.462 e. The second kappa shape index (κ2) is 7.91. The van der Waals surface area contributed by atoms with E-state index in [1.165, 1.54) is 0 Å². The van der Waals surface area contributed by atoms with E-state index in [2.05, 4.69) is 26.6 Å². The van der Waals surface area contributed by atoms with Crippen LogP contribution >= 0.6 is 28.1 Å². The molecule has 0 aromatic heterocycles. The molecule has 2 aromatic carbocycles. The highest BCUT2D eigenvalue weighted by Crippen LogP contribution is 2.21. The van der Waals surface area contributed by atoms with Crippen LogP contribution in [0.3, 0.4) is 0 Å². The maximum atomic E-state index is 11.6. The predicted octanol–water partition coefficient (Wildman–Crippen LogP) is 4.43. The number of anilines is 2. The van der Waals surface area contributed by atoms with Crippen LogP contribution in [0.5, 0.6) is 0 Å². The first-order valence-corrected chi connectivity index (χ1v) is 7.90. The number of ether oxygens (including phenoxy) is 1. The zero-order valence-electron chi connectivity index (χ0n) is 11.9. The topological polar surface area (TPSA) is 50.4 Å². The normalized spacial score (nSPS) is 9.91. The van der Waals surface area contributed by atoms with Crippen molar-refractivity contribution in [1.82, 2.24) is 0 Å². The number of benzene rings is 2. The van der Waals surface area contributed by atoms with Crippen molar-refractivity contribution in [2.75, 3.05) is 17.2 Å². The van der Waals surface area contributed by atoms with Crippen molar-refractivity contribution in [2.24, 2.45) is 0 Å². The SMILES string of the molecule is CCOC(=O)c1ccc(NC(=S)Nc2ccccc2Br)cc1. The third kappa shape index (κ3) is 4.54. The van der Waals surface area contributed by atoms with Crippen LogP contribution < -0.4 is 10.6 Å². The molecule has 2 aromatic rings. The lowest BCUT2D eigenvalue weighted by atomic mass is 10.2. The largest absolute Gasteiger partial charge is 0.462 e. The third-order valence-corrected chi connectivity index (χ3v) is 3.67. The molecule has 0 atom stereocenters. The highest BCUT2D eigenvalue weighted by Gasteiger charge is 2.06. The van der Waals surface area contributed by atoms with E-state index in [0.717, 1.165) is 15.8 Å². The zero-order valence-corrected chi connectivity index (χ0v) is 14.3. The number of hydrogen-bond acceptors (Lipinski definition) is 3. The Labute approximate surface area is 143 Å². The van der Waals surface area contributed by atoms with Gasteiger partial charge in [0.1, 0.15) is 0 Å². The van der Waals surface area contributed by atoms with Crippen LogP contribution in [-0.4, -0.2) is 17.7 Å². The molecular formula is C16H15BrN2O2S. The summed E-state index contributed by atoms with van der Waals surface area (Å²) < 4.78 is 5.87. The Kier molecular flexibility index (Phi) is 5.91. The van der Waals surface area contributed by atoms with Crippen molar-refractivity contribution in [3.8, 4) is 0 Å². The van der Waals surface area contributed by atoms with Crippen LogP contribution in [0.15, 0.2) is 53.0 Å². The minimum absolute atomic E-state index is 0.331. The summed E-state index contributed by atoms with van der Waals surface area (Å²) in [5.74, 6) is -0.331. The standard InChI is InChI=1S/C16H15BrN2O2S/c1-2-21-15(20)11-7-9-12(10-8-11)18-16(22)19-14-6-4-3-5-13(14)17/h3-10H,2H2,1H3,(H2,18,19,22). The first-order chi connectivity index (χ1) is 10.6. The molecule has 2 rings (SSSR count). The van der Waals surface area contributed by atoms with Crippen molar-refractivity contribution in [1.29, 1.82) is 0 Å². The molecule has 6 heteroatoms. The molecule has 0 fully saturated rings. The molecule has 114 valence electrons. The minimum atomic E-state index is -0.331. The zero-order chi connectivity index (χ0) is 15.9. The molecule has 0 saturated carbocycles. The summed E-state index contributed by atoms with van der Waals surface area (Å²) in [4.78, 5) is 11.6. The van der Waals surface area contributed by atoms with Gasteiger partial charge < -0.3 is 15.4 Å². The van der Waals surface area contributed by atoms with E-state index >= 15 is 0 Å². The number of esters is 1. The van der Waals surface area contributed by atoms with Crippen molar-refractivity contribution in [2.45, 2.75) is 6.92 Å². The maximum Gasteiger partial charge on any atom is 0.338 e. The smallest absolute Gasteiger partial charge is 0.338 e. The van der Waals surface area contributed by atoms with Gasteiger partial charge in [-0.3, -0.25) is 0 Å². The first-order valence-electron chi connectivity index (χ1n) is 6.70. The number of rotatable bonds is 4. The van der Waals surface area contributed by atoms with Gasteiger partial charge >= 0.3 is 5.97 Å². The molecule has 4 nitrogen and oxygen atoms in total. The van der Waals surface area contributed by atoms with Crippen LogP contribution in [0.2, 0.25) is 0 Å². The summed E-state index contributed by atoms with van der Waals surface area (Å²) in [6, 6.07) is 14.6. The molecule has 0 unspecified atom stereocenters. The molecule has 0 aliphatic carbocycles. The summed E-state index contributed by atoms with van der Waals surface area (Å²) >= 11 is 8.72. The molecule has 0 spiro atoms. The molecule has 22 heavy (non-hydrogen) atoms. The number of para-hydroxylation sites is 1. The van der Waals surface area contributed by atoms with Gasteiger partial charge in [-0.25, -0.2) is 4.79 Å². The van der Waals surface area contributed by atoms with Crippen LogP contribution in [0.25, 0.3) is 0 Å². The fourth-order valence-corrected chi connectivity index (χ4v) is 2.36. The summed E-state index contributed by atoms with van der Waals surface area (Å²) in [5.41, 5.74) is 2.18. The second-order valence-electron chi connectivity index (χ2n) is 4.36. The Morgan fingerprint density at radius 2 is 1.82 bits per heavy atom. The van der Waals surface area contributed by atoms with Crippen LogP contribution in [-0.2, 0) is 4.74 Å². The molecule has 0 aliphatic heterocycles. The van der Waals surface area contributed by atoms with Crippen LogP contribution in [0.4, 0.5) is 11.4 Å². The van der Waals surface area contributed by atoms with E-state index in [1.807, 2.05) is 24.3 Å². The third-order valence-electron chi connectivity index (χ3n) is 2.78. The van der Waals surface area contributed by atoms with Gasteiger partial charge in [0.05, 0.1) is 17.9 Å². The van der Waals surface area contributed by atoms with Gasteiger partial charge in [0.2, 0.25) is 0 Å². The van der Waals surface area contributed by atoms with E-state index in [-0.39, 0.29) is 5.97 Å². The Hall–Kier alpha value is -1.92. The van der Waals surface area contributed by atoms with E-state index in [0.29, 0.717) is 17.3 Å². The quantitative estimate of drug-likeness (QED) is 0.608. The maximum absolute atomic E-state index is 11.6. The van der Waals surface area contributed by atoms with Gasteiger partial charge in [0, 0.05) is 10.2 Å². The van der Waals surface area contributed by atoms with E-state index in [4.69, 9.17) is 17.0 Å². The summed E-state index contributed by atoms with van der Waals surface area (Å²) in [5, 5.41) is 6.63. The molecule has 0 aliphatic rings. The molecular weight excluding hydrogens is 364 g/mol. The highest BCUT2D eigenvalue weighted by molar-refractivity contribution is 9.10. The number of carbonyl (C=O) groups is 1. The van der Waals surface area contributed by atoms with Crippen molar-refractivity contribution < 1.29 is 9.53 Å². The summed E-state index contributed by atoms with van der Waals surface area (Å²) in [7, 11) is 0. The number of carbonyl (C=O) groups excluding carboxylic acids is 1. The van der Waals surface area contributed by atoms with Gasteiger partial charge in [-0.05, 0) is 71.5 Å². The molecule has 0 bridgehead atoms. The van der Waals surface area contributed by atoms with Gasteiger partial charge in [-0.2, -0.15) is 0 Å². The van der Waals surface area contributed by atoms with Crippen molar-refractivity contribution in [3.63, 3.8) is 0 Å². The number of hydrogen-bond donors (Lipinski definition) is 2. The van der Waals surface area contributed by atoms with Crippen molar-refractivity contribution in [3.05, 3.63) is 58.6 Å². The second-order valence-corrected chi connectivity index (χ2v) is 5.62. The molecule has 0 amide bonds. The summed E-state index contributed by atoms with van der Waals surface area (Å²) in [6.07, 6.45) is 0. The fourth-order valence-electron chi connectivity index (χ4n) is 1.75. The number of thiocarbonyl (C=S) groups is 1. The Morgan fingerprint density at radius 1 is 1.14 bits per heavy atom. The van der Waals surface area contributed by atoms with E-state index in [9.17, 15) is 4.79 Å². The van der Waals surface area contributed by atoms with Crippen molar-refractivity contribution >= 4 is 50.6 Å². The lowest BCUT2D eigenvalue weighted by Gasteiger charge is -2.12. The lowest BCUT2D eigenvalue weighted by molar-refractivity contribution is 0.0526. The molecule has 2 N–H and O–H groups in total. The van der Waals surface area contributed by atoms with Crippen LogP contribution in [0.1, 0.15) is 17.3 Å². The van der Waals surface area contributed by atoms with Gasteiger partial charge in [0.15, 0.2) is 5.11 Å². The Morgan fingerprint density at radius 3 is 2.45 bits per heavy atom. The fraction of sp³-hybridized carbons (Fsp3) is 0.125. The number of halogens is 1. The van der Waals surface area contributed by atoms with E-state index in [1.54, 1.807) is 31.2 Å². The average molecular weight is 379 g/mol. The number of nitrogens with one attached hydrogen (secondary N) is 2. The van der Waals surface area contributed by atoms with E-state index < -0.39 is 0 Å². The average Bonchev–Trinajstić information content (AvgIpc) is 2.50. The molecule has 0 heterocycles. The first kappa shape index (κ1) is 16.5. The lowest BCUT2D eigenvalue weighted by Crippen LogP contribution is -2.19. The van der Waals surface area contributed by atoms with Gasteiger partial charge in [-0.1, -0.05) is 12.1 Å². The predicted molar refractivity (Wildman–Crippen MR) is 96.4 cm³/mol. The van der Waals surface area contributed by atoms with Crippen LogP contribution in [0, 0.1) is 0 Å².